The van der Waals surface area contributed by atoms with Crippen LogP contribution in [0.3, 0.4) is 0 Å². The van der Waals surface area contributed by atoms with Crippen molar-refractivity contribution in [3.8, 4) is 5.75 Å². The van der Waals surface area contributed by atoms with E-state index in [9.17, 15) is 19.1 Å². The topological polar surface area (TPSA) is 91.6 Å². The van der Waals surface area contributed by atoms with Crippen LogP contribution >= 0.6 is 0 Å². The summed E-state index contributed by atoms with van der Waals surface area (Å²) in [5.74, 6) is -1.25. The van der Waals surface area contributed by atoms with E-state index in [-0.39, 0.29) is 36.8 Å². The molecule has 0 aliphatic rings. The van der Waals surface area contributed by atoms with E-state index < -0.39 is 11.7 Å². The monoisotopic (exact) mass is 370 g/mol. The quantitative estimate of drug-likeness (QED) is 0.642. The lowest BCUT2D eigenvalue weighted by Crippen LogP contribution is -2.28. The summed E-state index contributed by atoms with van der Waals surface area (Å²) in [5, 5.41) is 21.8. The maximum absolute atomic E-state index is 13.5. The van der Waals surface area contributed by atoms with Crippen LogP contribution in [0.1, 0.15) is 21.6 Å². The highest BCUT2D eigenvalue weighted by Gasteiger charge is 2.22. The SMILES string of the molecule is Cc1c(CC(=O)NCCO)c2cc(O)ccc2n1C(=O)c1cccc(F)c1. The van der Waals surface area contributed by atoms with E-state index in [2.05, 4.69) is 5.32 Å². The van der Waals surface area contributed by atoms with Crippen molar-refractivity contribution in [2.45, 2.75) is 13.3 Å². The van der Waals surface area contributed by atoms with Gasteiger partial charge in [0.1, 0.15) is 11.6 Å². The number of carbonyl (C=O) groups excluding carboxylic acids is 2. The van der Waals surface area contributed by atoms with Crippen molar-refractivity contribution in [1.29, 1.82) is 0 Å². The largest absolute Gasteiger partial charge is 0.508 e. The maximum atomic E-state index is 13.5. The molecule has 3 rings (SSSR count). The number of carbonyl (C=O) groups is 2. The molecule has 0 unspecified atom stereocenters. The number of fused-ring (bicyclic) bond motifs is 1. The van der Waals surface area contributed by atoms with Crippen molar-refractivity contribution in [3.05, 3.63) is 65.1 Å². The van der Waals surface area contributed by atoms with Gasteiger partial charge in [0.2, 0.25) is 5.91 Å². The molecule has 1 heterocycles. The van der Waals surface area contributed by atoms with Crippen molar-refractivity contribution in [2.75, 3.05) is 13.2 Å². The van der Waals surface area contributed by atoms with E-state index >= 15 is 0 Å². The third kappa shape index (κ3) is 3.68. The Bertz CT molecular complexity index is 1030. The number of nitrogens with zero attached hydrogens (tertiary/aromatic N) is 1. The maximum Gasteiger partial charge on any atom is 0.262 e. The van der Waals surface area contributed by atoms with Crippen LogP contribution in [0.4, 0.5) is 4.39 Å². The molecule has 0 aliphatic carbocycles. The van der Waals surface area contributed by atoms with Gasteiger partial charge in [0.05, 0.1) is 18.5 Å². The number of aromatic nitrogens is 1. The minimum absolute atomic E-state index is 0.00914. The highest BCUT2D eigenvalue weighted by atomic mass is 19.1. The number of benzene rings is 2. The third-order valence-electron chi connectivity index (χ3n) is 4.36. The average molecular weight is 370 g/mol. The molecule has 3 N–H and O–H groups in total. The first-order valence-corrected chi connectivity index (χ1v) is 8.43. The zero-order valence-corrected chi connectivity index (χ0v) is 14.7. The van der Waals surface area contributed by atoms with Gasteiger partial charge in [-0.15, -0.1) is 0 Å². The van der Waals surface area contributed by atoms with Crippen molar-refractivity contribution < 1.29 is 24.2 Å². The fraction of sp³-hybridized carbons (Fsp3) is 0.200. The first-order valence-electron chi connectivity index (χ1n) is 8.43. The predicted octanol–water partition coefficient (Wildman–Crippen LogP) is 2.13. The van der Waals surface area contributed by atoms with E-state index in [1.807, 2.05) is 0 Å². The van der Waals surface area contributed by atoms with Crippen LogP contribution in [-0.4, -0.2) is 39.7 Å². The summed E-state index contributed by atoms with van der Waals surface area (Å²) in [6, 6.07) is 9.92. The second kappa shape index (κ2) is 7.59. The van der Waals surface area contributed by atoms with Crippen LogP contribution in [-0.2, 0) is 11.2 Å². The van der Waals surface area contributed by atoms with Gasteiger partial charge >= 0.3 is 0 Å². The molecule has 0 fully saturated rings. The first-order chi connectivity index (χ1) is 12.9. The number of rotatable bonds is 5. The van der Waals surface area contributed by atoms with Crippen LogP contribution in [0.5, 0.6) is 5.75 Å². The molecule has 0 aliphatic heterocycles. The lowest BCUT2D eigenvalue weighted by molar-refractivity contribution is -0.120. The Morgan fingerprint density at radius 1 is 1.19 bits per heavy atom. The predicted molar refractivity (Wildman–Crippen MR) is 98.3 cm³/mol. The number of halogens is 1. The van der Waals surface area contributed by atoms with Gasteiger partial charge in [0.25, 0.3) is 5.91 Å². The highest BCUT2D eigenvalue weighted by molar-refractivity contribution is 6.05. The number of hydrogen-bond acceptors (Lipinski definition) is 4. The molecule has 1 amide bonds. The normalized spacial score (nSPS) is 10.9. The summed E-state index contributed by atoms with van der Waals surface area (Å²) in [6.07, 6.45) is -0.0186. The molecule has 6 nitrogen and oxygen atoms in total. The molecule has 0 atom stereocenters. The van der Waals surface area contributed by atoms with Gasteiger partial charge in [0.15, 0.2) is 0 Å². The Kier molecular flexibility index (Phi) is 5.23. The number of hydrogen-bond donors (Lipinski definition) is 3. The molecule has 0 saturated carbocycles. The number of aliphatic hydroxyl groups excluding tert-OH is 1. The molecule has 3 aromatic rings. The highest BCUT2D eigenvalue weighted by Crippen LogP contribution is 2.30. The van der Waals surface area contributed by atoms with Gasteiger partial charge < -0.3 is 15.5 Å². The fourth-order valence-electron chi connectivity index (χ4n) is 3.13. The van der Waals surface area contributed by atoms with E-state index in [4.69, 9.17) is 5.11 Å². The molecule has 1 aromatic heterocycles. The number of aromatic hydroxyl groups is 1. The zero-order chi connectivity index (χ0) is 19.6. The van der Waals surface area contributed by atoms with Crippen molar-refractivity contribution in [2.24, 2.45) is 0 Å². The van der Waals surface area contributed by atoms with Gasteiger partial charge in [-0.1, -0.05) is 6.07 Å². The molecular weight excluding hydrogens is 351 g/mol. The van der Waals surface area contributed by atoms with Crippen molar-refractivity contribution >= 4 is 22.7 Å². The summed E-state index contributed by atoms with van der Waals surface area (Å²) < 4.78 is 15.0. The van der Waals surface area contributed by atoms with Gasteiger partial charge in [-0.2, -0.15) is 0 Å². The fourth-order valence-corrected chi connectivity index (χ4v) is 3.13. The van der Waals surface area contributed by atoms with Gasteiger partial charge in [-0.05, 0) is 48.9 Å². The molecule has 0 saturated heterocycles. The first kappa shape index (κ1) is 18.6. The van der Waals surface area contributed by atoms with Crippen LogP contribution in [0.2, 0.25) is 0 Å². The summed E-state index contributed by atoms with van der Waals surface area (Å²) in [6.45, 7) is 1.65. The van der Waals surface area contributed by atoms with E-state index in [0.29, 0.717) is 22.2 Å². The Balaban J connectivity index is 2.12. The summed E-state index contributed by atoms with van der Waals surface area (Å²) in [7, 11) is 0. The molecule has 0 spiro atoms. The van der Waals surface area contributed by atoms with Gasteiger partial charge in [-0.25, -0.2) is 4.39 Å². The summed E-state index contributed by atoms with van der Waals surface area (Å²) in [5.41, 5.74) is 1.81. The molecule has 2 aromatic carbocycles. The summed E-state index contributed by atoms with van der Waals surface area (Å²) >= 11 is 0. The Hall–Kier alpha value is -3.19. The van der Waals surface area contributed by atoms with Gasteiger partial charge in [0, 0.05) is 23.2 Å². The average Bonchev–Trinajstić information content (AvgIpc) is 2.90. The smallest absolute Gasteiger partial charge is 0.262 e. The van der Waals surface area contributed by atoms with Crippen LogP contribution in [0, 0.1) is 12.7 Å². The number of phenols is 1. The lowest BCUT2D eigenvalue weighted by atomic mass is 10.1. The Morgan fingerprint density at radius 3 is 2.67 bits per heavy atom. The van der Waals surface area contributed by atoms with Crippen LogP contribution in [0.15, 0.2) is 42.5 Å². The molecule has 0 bridgehead atoms. The van der Waals surface area contributed by atoms with Gasteiger partial charge in [-0.3, -0.25) is 14.2 Å². The van der Waals surface area contributed by atoms with E-state index in [1.165, 1.54) is 34.9 Å². The number of amides is 1. The number of aliphatic hydroxyl groups is 1. The second-order valence-electron chi connectivity index (χ2n) is 6.17. The van der Waals surface area contributed by atoms with Crippen molar-refractivity contribution in [1.82, 2.24) is 9.88 Å². The number of phenolic OH excluding ortho intramolecular Hbond substituents is 1. The summed E-state index contributed by atoms with van der Waals surface area (Å²) in [4.78, 5) is 25.1. The number of nitrogens with one attached hydrogen (secondary N) is 1. The van der Waals surface area contributed by atoms with Crippen LogP contribution in [0.25, 0.3) is 10.9 Å². The minimum Gasteiger partial charge on any atom is -0.508 e. The van der Waals surface area contributed by atoms with Crippen molar-refractivity contribution in [3.63, 3.8) is 0 Å². The Labute approximate surface area is 154 Å². The molecular formula is C20H19FN2O4. The van der Waals surface area contributed by atoms with E-state index in [0.717, 1.165) is 6.07 Å². The minimum atomic E-state index is -0.517. The molecule has 0 radical (unpaired) electrons. The Morgan fingerprint density at radius 2 is 1.96 bits per heavy atom. The molecule has 140 valence electrons. The third-order valence-corrected chi connectivity index (χ3v) is 4.36. The lowest BCUT2D eigenvalue weighted by Gasteiger charge is -2.08. The zero-order valence-electron chi connectivity index (χ0n) is 14.7. The van der Waals surface area contributed by atoms with Crippen LogP contribution < -0.4 is 5.32 Å². The standard InChI is InChI=1S/C20H19FN2O4/c1-12-16(11-19(26)22-7-8-24)17-10-15(25)5-6-18(17)23(12)20(27)13-3-2-4-14(21)9-13/h2-6,9-10,24-25H,7-8,11H2,1H3,(H,22,26). The molecule has 27 heavy (non-hydrogen) atoms. The second-order valence-corrected chi connectivity index (χ2v) is 6.17. The van der Waals surface area contributed by atoms with E-state index in [1.54, 1.807) is 13.0 Å². The molecule has 7 heteroatoms.